The maximum Gasteiger partial charge on any atom is 0.159 e. The standard InChI is InChI=1S/C14H11Cl2F2N/c1-19-14(8-5-6-11(17)12(18)7-8)13-9(15)3-2-4-10(13)16/h2-7,14,19H,1H3. The molecule has 1 unspecified atom stereocenters. The van der Waals surface area contributed by atoms with Gasteiger partial charge in [-0.3, -0.25) is 0 Å². The quantitative estimate of drug-likeness (QED) is 0.875. The summed E-state index contributed by atoms with van der Waals surface area (Å²) in [7, 11) is 1.70. The molecule has 1 nitrogen and oxygen atoms in total. The van der Waals surface area contributed by atoms with Crippen LogP contribution in [0.2, 0.25) is 10.0 Å². The first-order chi connectivity index (χ1) is 9.04. The third kappa shape index (κ3) is 2.89. The van der Waals surface area contributed by atoms with Crippen LogP contribution < -0.4 is 5.32 Å². The van der Waals surface area contributed by atoms with Crippen molar-refractivity contribution in [3.63, 3.8) is 0 Å². The van der Waals surface area contributed by atoms with Gasteiger partial charge in [-0.1, -0.05) is 35.3 Å². The lowest BCUT2D eigenvalue weighted by Crippen LogP contribution is -2.18. The molecule has 0 aromatic heterocycles. The second kappa shape index (κ2) is 5.87. The Balaban J connectivity index is 2.53. The molecular weight excluding hydrogens is 291 g/mol. The van der Waals surface area contributed by atoms with Crippen LogP contribution in [0.25, 0.3) is 0 Å². The van der Waals surface area contributed by atoms with Crippen LogP contribution in [0.5, 0.6) is 0 Å². The topological polar surface area (TPSA) is 12.0 Å². The smallest absolute Gasteiger partial charge is 0.159 e. The number of halogens is 4. The highest BCUT2D eigenvalue weighted by Crippen LogP contribution is 2.34. The Morgan fingerprint density at radius 2 is 1.63 bits per heavy atom. The van der Waals surface area contributed by atoms with E-state index >= 15 is 0 Å². The fourth-order valence-corrected chi connectivity index (χ4v) is 2.57. The predicted molar refractivity (Wildman–Crippen MR) is 73.7 cm³/mol. The molecule has 0 aliphatic rings. The van der Waals surface area contributed by atoms with Crippen molar-refractivity contribution in [1.29, 1.82) is 0 Å². The number of nitrogens with one attached hydrogen (secondary N) is 1. The molecule has 0 amide bonds. The molecular formula is C14H11Cl2F2N. The van der Waals surface area contributed by atoms with E-state index in [0.29, 0.717) is 21.2 Å². The molecule has 0 aliphatic heterocycles. The van der Waals surface area contributed by atoms with Crippen molar-refractivity contribution < 1.29 is 8.78 Å². The zero-order valence-corrected chi connectivity index (χ0v) is 11.6. The van der Waals surface area contributed by atoms with Crippen LogP contribution in [0.15, 0.2) is 36.4 Å². The molecule has 19 heavy (non-hydrogen) atoms. The van der Waals surface area contributed by atoms with Crippen LogP contribution in [0, 0.1) is 11.6 Å². The fourth-order valence-electron chi connectivity index (χ4n) is 1.96. The molecule has 1 atom stereocenters. The summed E-state index contributed by atoms with van der Waals surface area (Å²) in [4.78, 5) is 0. The van der Waals surface area contributed by atoms with E-state index in [0.717, 1.165) is 12.1 Å². The molecule has 0 bridgehead atoms. The third-order valence-corrected chi connectivity index (χ3v) is 3.51. The zero-order valence-electron chi connectivity index (χ0n) is 10.1. The molecule has 0 aliphatic carbocycles. The summed E-state index contributed by atoms with van der Waals surface area (Å²) in [6.07, 6.45) is 0. The zero-order chi connectivity index (χ0) is 14.0. The Morgan fingerprint density at radius 3 is 2.16 bits per heavy atom. The van der Waals surface area contributed by atoms with Crippen LogP contribution in [-0.4, -0.2) is 7.05 Å². The van der Waals surface area contributed by atoms with E-state index in [9.17, 15) is 8.78 Å². The second-order valence-corrected chi connectivity index (χ2v) is 4.84. The van der Waals surface area contributed by atoms with E-state index in [2.05, 4.69) is 5.32 Å². The van der Waals surface area contributed by atoms with E-state index in [1.54, 1.807) is 25.2 Å². The monoisotopic (exact) mass is 301 g/mol. The largest absolute Gasteiger partial charge is 0.309 e. The molecule has 2 rings (SSSR count). The van der Waals surface area contributed by atoms with E-state index < -0.39 is 17.7 Å². The van der Waals surface area contributed by atoms with Gasteiger partial charge in [-0.2, -0.15) is 0 Å². The van der Waals surface area contributed by atoms with Crippen molar-refractivity contribution in [2.75, 3.05) is 7.05 Å². The van der Waals surface area contributed by atoms with E-state index in [-0.39, 0.29) is 0 Å². The maximum absolute atomic E-state index is 13.3. The van der Waals surface area contributed by atoms with Crippen molar-refractivity contribution in [2.45, 2.75) is 6.04 Å². The van der Waals surface area contributed by atoms with E-state index in [1.807, 2.05) is 0 Å². The van der Waals surface area contributed by atoms with Gasteiger partial charge in [0, 0.05) is 15.6 Å². The van der Waals surface area contributed by atoms with Crippen LogP contribution in [-0.2, 0) is 0 Å². The number of hydrogen-bond donors (Lipinski definition) is 1. The average molecular weight is 302 g/mol. The highest BCUT2D eigenvalue weighted by Gasteiger charge is 2.19. The first kappa shape index (κ1) is 14.3. The SMILES string of the molecule is CNC(c1ccc(F)c(F)c1)c1c(Cl)cccc1Cl. The van der Waals surface area contributed by atoms with Crippen molar-refractivity contribution in [1.82, 2.24) is 5.32 Å². The second-order valence-electron chi connectivity index (χ2n) is 4.03. The van der Waals surface area contributed by atoms with Crippen molar-refractivity contribution in [3.05, 3.63) is 69.2 Å². The lowest BCUT2D eigenvalue weighted by Gasteiger charge is -2.20. The van der Waals surface area contributed by atoms with Gasteiger partial charge in [-0.25, -0.2) is 8.78 Å². The van der Waals surface area contributed by atoms with E-state index in [4.69, 9.17) is 23.2 Å². The number of benzene rings is 2. The van der Waals surface area contributed by atoms with Crippen molar-refractivity contribution >= 4 is 23.2 Å². The molecule has 0 radical (unpaired) electrons. The molecule has 100 valence electrons. The predicted octanol–water partition coefficient (Wildman–Crippen LogP) is 4.58. The molecule has 2 aromatic carbocycles. The Kier molecular flexibility index (Phi) is 4.40. The molecule has 0 heterocycles. The highest BCUT2D eigenvalue weighted by atomic mass is 35.5. The minimum Gasteiger partial charge on any atom is -0.309 e. The summed E-state index contributed by atoms with van der Waals surface area (Å²) in [6.45, 7) is 0. The summed E-state index contributed by atoms with van der Waals surface area (Å²) in [5.74, 6) is -1.79. The Bertz CT molecular complexity index is 582. The van der Waals surface area contributed by atoms with Gasteiger partial charge in [-0.15, -0.1) is 0 Å². The minimum absolute atomic E-state index is 0.406. The summed E-state index contributed by atoms with van der Waals surface area (Å²) < 4.78 is 26.3. The van der Waals surface area contributed by atoms with Gasteiger partial charge in [0.05, 0.1) is 6.04 Å². The van der Waals surface area contributed by atoms with Crippen molar-refractivity contribution in [2.24, 2.45) is 0 Å². The van der Waals surface area contributed by atoms with Crippen LogP contribution >= 0.6 is 23.2 Å². The van der Waals surface area contributed by atoms with Gasteiger partial charge in [-0.05, 0) is 36.9 Å². The van der Waals surface area contributed by atoms with E-state index in [1.165, 1.54) is 6.07 Å². The van der Waals surface area contributed by atoms with Gasteiger partial charge < -0.3 is 5.32 Å². The molecule has 5 heteroatoms. The first-order valence-corrected chi connectivity index (χ1v) is 6.36. The van der Waals surface area contributed by atoms with Crippen LogP contribution in [0.4, 0.5) is 8.78 Å². The average Bonchev–Trinajstić information content (AvgIpc) is 2.37. The Labute approximate surface area is 120 Å². The molecule has 2 aromatic rings. The van der Waals surface area contributed by atoms with Gasteiger partial charge in [0.15, 0.2) is 11.6 Å². The van der Waals surface area contributed by atoms with Crippen LogP contribution in [0.3, 0.4) is 0 Å². The molecule has 0 spiro atoms. The van der Waals surface area contributed by atoms with Gasteiger partial charge in [0.1, 0.15) is 0 Å². The minimum atomic E-state index is -0.902. The van der Waals surface area contributed by atoms with Gasteiger partial charge >= 0.3 is 0 Å². The first-order valence-electron chi connectivity index (χ1n) is 5.60. The summed E-state index contributed by atoms with van der Waals surface area (Å²) in [5, 5.41) is 3.94. The summed E-state index contributed by atoms with van der Waals surface area (Å²) in [5.41, 5.74) is 1.19. The van der Waals surface area contributed by atoms with Gasteiger partial charge in [0.25, 0.3) is 0 Å². The lowest BCUT2D eigenvalue weighted by atomic mass is 9.98. The molecule has 0 saturated heterocycles. The third-order valence-electron chi connectivity index (χ3n) is 2.85. The number of hydrogen-bond acceptors (Lipinski definition) is 1. The number of rotatable bonds is 3. The fraction of sp³-hybridized carbons (Fsp3) is 0.143. The lowest BCUT2D eigenvalue weighted by molar-refractivity contribution is 0.505. The summed E-state index contributed by atoms with van der Waals surface area (Å²) in [6, 6.07) is 8.44. The maximum atomic E-state index is 13.3. The summed E-state index contributed by atoms with van der Waals surface area (Å²) >= 11 is 12.3. The Morgan fingerprint density at radius 1 is 1.00 bits per heavy atom. The van der Waals surface area contributed by atoms with Gasteiger partial charge in [0.2, 0.25) is 0 Å². The molecule has 0 saturated carbocycles. The normalized spacial score (nSPS) is 12.5. The van der Waals surface area contributed by atoms with Crippen LogP contribution in [0.1, 0.15) is 17.2 Å². The van der Waals surface area contributed by atoms with Crippen molar-refractivity contribution in [3.8, 4) is 0 Å². The molecule has 0 fully saturated rings. The Hall–Kier alpha value is -1.16. The highest BCUT2D eigenvalue weighted by molar-refractivity contribution is 6.36. The molecule has 1 N–H and O–H groups in total.